The van der Waals surface area contributed by atoms with Gasteiger partial charge in [-0.05, 0) is 12.1 Å². The predicted molar refractivity (Wildman–Crippen MR) is 100 cm³/mol. The van der Waals surface area contributed by atoms with E-state index in [0.29, 0.717) is 10.9 Å². The topological polar surface area (TPSA) is 136 Å². The maximum Gasteiger partial charge on any atom is 0.303 e. The van der Waals surface area contributed by atoms with Crippen LogP contribution in [0.25, 0.3) is 10.9 Å². The first-order valence-electron chi connectivity index (χ1n) is 9.05. The lowest BCUT2D eigenvalue weighted by Gasteiger charge is -2.41. The standard InChI is InChI=1S/C19H20N2O9/c1-10(22)28-16-9-27-19(18(30-12(3)24)17(16)29-11(2)23)20-7-6-13-8-14(21(25)26)4-5-15(13)20/h4-8,16-19H,9H2,1-3H3/t16-,17+,18+,19-/m0/s1. The van der Waals surface area contributed by atoms with Gasteiger partial charge in [-0.2, -0.15) is 0 Å². The van der Waals surface area contributed by atoms with Crippen molar-refractivity contribution in [1.82, 2.24) is 4.57 Å². The van der Waals surface area contributed by atoms with Crippen molar-refractivity contribution in [3.8, 4) is 0 Å². The van der Waals surface area contributed by atoms with Gasteiger partial charge in [0.25, 0.3) is 5.69 Å². The molecule has 0 radical (unpaired) electrons. The minimum Gasteiger partial charge on any atom is -0.456 e. The smallest absolute Gasteiger partial charge is 0.303 e. The van der Waals surface area contributed by atoms with E-state index < -0.39 is 47.4 Å². The lowest BCUT2D eigenvalue weighted by molar-refractivity contribution is -0.384. The van der Waals surface area contributed by atoms with Crippen LogP contribution in [0.4, 0.5) is 5.69 Å². The van der Waals surface area contributed by atoms with Crippen molar-refractivity contribution in [2.24, 2.45) is 0 Å². The van der Waals surface area contributed by atoms with E-state index in [2.05, 4.69) is 0 Å². The lowest BCUT2D eigenvalue weighted by atomic mass is 10.0. The number of fused-ring (bicyclic) bond motifs is 1. The van der Waals surface area contributed by atoms with Gasteiger partial charge in [-0.15, -0.1) is 0 Å². The average molecular weight is 420 g/mol. The first-order valence-corrected chi connectivity index (χ1v) is 9.05. The second kappa shape index (κ2) is 8.49. The molecule has 0 aliphatic carbocycles. The number of nitro groups is 1. The third-order valence-corrected chi connectivity index (χ3v) is 4.51. The molecule has 0 N–H and O–H groups in total. The van der Waals surface area contributed by atoms with Gasteiger partial charge in [0.05, 0.1) is 17.0 Å². The van der Waals surface area contributed by atoms with Gasteiger partial charge in [-0.3, -0.25) is 24.5 Å². The number of non-ortho nitro benzene ring substituents is 1. The second-order valence-corrected chi connectivity index (χ2v) is 6.74. The Kier molecular flexibility index (Phi) is 6.01. The second-order valence-electron chi connectivity index (χ2n) is 6.74. The molecule has 1 aromatic heterocycles. The number of carbonyl (C=O) groups is 3. The van der Waals surface area contributed by atoms with Crippen molar-refractivity contribution in [3.05, 3.63) is 40.6 Å². The number of hydrogen-bond donors (Lipinski definition) is 0. The summed E-state index contributed by atoms with van der Waals surface area (Å²) in [4.78, 5) is 45.4. The highest BCUT2D eigenvalue weighted by Crippen LogP contribution is 2.34. The Balaban J connectivity index is 2.03. The van der Waals surface area contributed by atoms with Crippen LogP contribution in [0.2, 0.25) is 0 Å². The Hall–Kier alpha value is -3.47. The molecule has 4 atom stereocenters. The van der Waals surface area contributed by atoms with Gasteiger partial charge in [-0.25, -0.2) is 0 Å². The summed E-state index contributed by atoms with van der Waals surface area (Å²) in [6.45, 7) is 3.45. The average Bonchev–Trinajstić information content (AvgIpc) is 3.06. The molecule has 1 aromatic carbocycles. The fourth-order valence-corrected chi connectivity index (χ4v) is 3.45. The zero-order valence-electron chi connectivity index (χ0n) is 16.5. The fourth-order valence-electron chi connectivity index (χ4n) is 3.45. The summed E-state index contributed by atoms with van der Waals surface area (Å²) in [5.41, 5.74) is 0.504. The molecule has 1 aliphatic rings. The van der Waals surface area contributed by atoms with Crippen molar-refractivity contribution in [2.45, 2.75) is 45.3 Å². The van der Waals surface area contributed by atoms with Gasteiger partial charge < -0.3 is 23.5 Å². The summed E-state index contributed by atoms with van der Waals surface area (Å²) >= 11 is 0. The van der Waals surface area contributed by atoms with E-state index in [1.54, 1.807) is 22.9 Å². The normalized spacial score (nSPS) is 23.6. The number of benzene rings is 1. The van der Waals surface area contributed by atoms with Crippen molar-refractivity contribution >= 4 is 34.5 Å². The van der Waals surface area contributed by atoms with Crippen molar-refractivity contribution < 1.29 is 38.3 Å². The highest BCUT2D eigenvalue weighted by molar-refractivity contribution is 5.82. The number of esters is 3. The molecular weight excluding hydrogens is 400 g/mol. The largest absolute Gasteiger partial charge is 0.456 e. The number of nitrogens with zero attached hydrogens (tertiary/aromatic N) is 2. The number of nitro benzene ring substituents is 1. The van der Waals surface area contributed by atoms with Crippen LogP contribution in [-0.4, -0.2) is 52.3 Å². The fraction of sp³-hybridized carbons (Fsp3) is 0.421. The summed E-state index contributed by atoms with van der Waals surface area (Å²) in [7, 11) is 0. The maximum absolute atomic E-state index is 11.8. The summed E-state index contributed by atoms with van der Waals surface area (Å²) in [6.07, 6.45) is -2.52. The Bertz CT molecular complexity index is 999. The first kappa shape index (κ1) is 21.2. The molecule has 1 aliphatic heterocycles. The molecule has 0 unspecified atom stereocenters. The maximum atomic E-state index is 11.8. The Morgan fingerprint density at radius 1 is 1.03 bits per heavy atom. The number of rotatable bonds is 5. The van der Waals surface area contributed by atoms with Crippen LogP contribution in [0.5, 0.6) is 0 Å². The molecule has 0 bridgehead atoms. The summed E-state index contributed by atoms with van der Waals surface area (Å²) < 4.78 is 23.4. The van der Waals surface area contributed by atoms with Gasteiger partial charge >= 0.3 is 17.9 Å². The van der Waals surface area contributed by atoms with Crippen LogP contribution in [0, 0.1) is 10.1 Å². The van der Waals surface area contributed by atoms with E-state index in [1.807, 2.05) is 0 Å². The number of hydrogen-bond acceptors (Lipinski definition) is 9. The van der Waals surface area contributed by atoms with Crippen LogP contribution in [0.3, 0.4) is 0 Å². The molecule has 2 aromatic rings. The molecule has 1 saturated heterocycles. The van der Waals surface area contributed by atoms with E-state index in [9.17, 15) is 24.5 Å². The van der Waals surface area contributed by atoms with Gasteiger partial charge in [0.15, 0.2) is 24.5 Å². The minimum atomic E-state index is -1.13. The minimum absolute atomic E-state index is 0.0749. The van der Waals surface area contributed by atoms with Gasteiger partial charge in [0.2, 0.25) is 0 Å². The number of ether oxygens (including phenoxy) is 4. The molecule has 30 heavy (non-hydrogen) atoms. The molecule has 0 amide bonds. The molecule has 1 fully saturated rings. The predicted octanol–water partition coefficient (Wildman–Crippen LogP) is 1.87. The van der Waals surface area contributed by atoms with Crippen molar-refractivity contribution in [3.63, 3.8) is 0 Å². The molecular formula is C19H20N2O9. The van der Waals surface area contributed by atoms with Crippen LogP contribution in [0.1, 0.15) is 27.0 Å². The van der Waals surface area contributed by atoms with Crippen LogP contribution in [0.15, 0.2) is 30.5 Å². The summed E-state index contributed by atoms with van der Waals surface area (Å²) in [6, 6.07) is 5.94. The highest BCUT2D eigenvalue weighted by Gasteiger charge is 2.47. The number of aromatic nitrogens is 1. The van der Waals surface area contributed by atoms with Crippen LogP contribution < -0.4 is 0 Å². The zero-order valence-corrected chi connectivity index (χ0v) is 16.5. The Labute approximate surface area is 170 Å². The van der Waals surface area contributed by atoms with E-state index in [4.69, 9.17) is 18.9 Å². The molecule has 11 heteroatoms. The lowest BCUT2D eigenvalue weighted by Crippen LogP contribution is -2.55. The van der Waals surface area contributed by atoms with Gasteiger partial charge in [0, 0.05) is 44.5 Å². The highest BCUT2D eigenvalue weighted by atomic mass is 16.6. The van der Waals surface area contributed by atoms with E-state index in [1.165, 1.54) is 32.9 Å². The van der Waals surface area contributed by atoms with Crippen molar-refractivity contribution in [1.29, 1.82) is 0 Å². The SMILES string of the molecule is CC(=O)O[C@@H]1[C@H](OC(C)=O)[C@@H](OC(C)=O)CO[C@@H]1n1ccc2cc([N+](=O)[O-])ccc21. The van der Waals surface area contributed by atoms with E-state index in [0.717, 1.165) is 0 Å². The van der Waals surface area contributed by atoms with Crippen molar-refractivity contribution in [2.75, 3.05) is 6.61 Å². The number of carbonyl (C=O) groups excluding carboxylic acids is 3. The molecule has 0 spiro atoms. The van der Waals surface area contributed by atoms with Crippen LogP contribution in [-0.2, 0) is 33.3 Å². The molecule has 0 saturated carbocycles. The third-order valence-electron chi connectivity index (χ3n) is 4.51. The first-order chi connectivity index (χ1) is 14.2. The molecule has 3 rings (SSSR count). The molecule has 160 valence electrons. The Morgan fingerprint density at radius 3 is 2.27 bits per heavy atom. The summed E-state index contributed by atoms with van der Waals surface area (Å²) in [5, 5.41) is 11.6. The Morgan fingerprint density at radius 2 is 1.67 bits per heavy atom. The van der Waals surface area contributed by atoms with Gasteiger partial charge in [0.1, 0.15) is 0 Å². The quantitative estimate of drug-likeness (QED) is 0.307. The zero-order chi connectivity index (χ0) is 22.0. The van der Waals surface area contributed by atoms with Gasteiger partial charge in [-0.1, -0.05) is 0 Å². The van der Waals surface area contributed by atoms with Crippen LogP contribution >= 0.6 is 0 Å². The van der Waals surface area contributed by atoms with E-state index in [-0.39, 0.29) is 12.3 Å². The monoisotopic (exact) mass is 420 g/mol. The molecule has 2 heterocycles. The van der Waals surface area contributed by atoms with E-state index >= 15 is 0 Å². The third kappa shape index (κ3) is 4.40. The molecule has 11 nitrogen and oxygen atoms in total. The summed E-state index contributed by atoms with van der Waals surface area (Å²) in [5.74, 6) is -1.91.